The van der Waals surface area contributed by atoms with Crippen molar-refractivity contribution < 1.29 is 9.90 Å². The molecule has 0 aliphatic carbocycles. The summed E-state index contributed by atoms with van der Waals surface area (Å²) in [6, 6.07) is -0.358. The lowest BCUT2D eigenvalue weighted by Crippen LogP contribution is -2.56. The lowest BCUT2D eigenvalue weighted by atomic mass is 9.95. The first kappa shape index (κ1) is 11.5. The molecule has 0 aromatic heterocycles. The first-order valence-corrected chi connectivity index (χ1v) is 5.08. The zero-order valence-electron chi connectivity index (χ0n) is 9.21. The molecular weight excluding hydrogens is 180 g/mol. The molecule has 4 nitrogen and oxygen atoms in total. The minimum Gasteiger partial charge on any atom is -0.480 e. The third kappa shape index (κ3) is 3.27. The van der Waals surface area contributed by atoms with Crippen molar-refractivity contribution in [2.75, 3.05) is 26.2 Å². The van der Waals surface area contributed by atoms with Crippen molar-refractivity contribution in [3.8, 4) is 0 Å². The standard InChI is InChI=1S/C10H20N2O2/c1-10(2,3)7-12-5-4-11-6-8(12)9(13)14/h8,11H,4-7H2,1-3H3,(H,13,14). The number of aliphatic carboxylic acids is 1. The molecule has 1 unspecified atom stereocenters. The van der Waals surface area contributed by atoms with Gasteiger partial charge in [-0.1, -0.05) is 20.8 Å². The summed E-state index contributed by atoms with van der Waals surface area (Å²) in [5.74, 6) is -0.721. The molecule has 1 atom stereocenters. The first-order valence-electron chi connectivity index (χ1n) is 5.08. The van der Waals surface area contributed by atoms with Crippen LogP contribution in [0.3, 0.4) is 0 Å². The van der Waals surface area contributed by atoms with Crippen molar-refractivity contribution in [3.63, 3.8) is 0 Å². The molecule has 1 aliphatic heterocycles. The van der Waals surface area contributed by atoms with E-state index in [1.807, 2.05) is 0 Å². The number of hydrogen-bond acceptors (Lipinski definition) is 3. The maximum atomic E-state index is 11.0. The quantitative estimate of drug-likeness (QED) is 0.677. The molecule has 1 rings (SSSR count). The molecule has 0 aromatic carbocycles. The van der Waals surface area contributed by atoms with Crippen LogP contribution < -0.4 is 5.32 Å². The highest BCUT2D eigenvalue weighted by atomic mass is 16.4. The monoisotopic (exact) mass is 200 g/mol. The van der Waals surface area contributed by atoms with Crippen LogP contribution in [0.1, 0.15) is 20.8 Å². The summed E-state index contributed by atoms with van der Waals surface area (Å²) >= 11 is 0. The second-order valence-corrected chi connectivity index (χ2v) is 5.09. The van der Waals surface area contributed by atoms with Crippen molar-refractivity contribution in [2.24, 2.45) is 5.41 Å². The van der Waals surface area contributed by atoms with Crippen LogP contribution in [0.5, 0.6) is 0 Å². The van der Waals surface area contributed by atoms with Crippen LogP contribution in [0.2, 0.25) is 0 Å². The highest BCUT2D eigenvalue weighted by Gasteiger charge is 2.30. The number of carboxylic acid groups (broad SMARTS) is 1. The molecule has 2 N–H and O–H groups in total. The fraction of sp³-hybridized carbons (Fsp3) is 0.900. The summed E-state index contributed by atoms with van der Waals surface area (Å²) in [6.07, 6.45) is 0. The van der Waals surface area contributed by atoms with Gasteiger partial charge >= 0.3 is 5.97 Å². The lowest BCUT2D eigenvalue weighted by Gasteiger charge is -2.37. The second-order valence-electron chi connectivity index (χ2n) is 5.09. The third-order valence-corrected chi connectivity index (χ3v) is 2.32. The predicted molar refractivity (Wildman–Crippen MR) is 55.3 cm³/mol. The molecule has 1 heterocycles. The summed E-state index contributed by atoms with van der Waals surface area (Å²) < 4.78 is 0. The SMILES string of the molecule is CC(C)(C)CN1CCNCC1C(=O)O. The molecule has 0 amide bonds. The van der Waals surface area contributed by atoms with Gasteiger partial charge in [0.2, 0.25) is 0 Å². The van der Waals surface area contributed by atoms with E-state index in [-0.39, 0.29) is 11.5 Å². The van der Waals surface area contributed by atoms with E-state index in [2.05, 4.69) is 31.0 Å². The second kappa shape index (κ2) is 4.28. The molecule has 0 saturated carbocycles. The molecule has 0 radical (unpaired) electrons. The van der Waals surface area contributed by atoms with Crippen LogP contribution in [0.15, 0.2) is 0 Å². The number of hydrogen-bond donors (Lipinski definition) is 2. The Balaban J connectivity index is 2.59. The van der Waals surface area contributed by atoms with Crippen LogP contribution in [-0.2, 0) is 4.79 Å². The van der Waals surface area contributed by atoms with Crippen molar-refractivity contribution in [2.45, 2.75) is 26.8 Å². The Morgan fingerprint density at radius 3 is 2.71 bits per heavy atom. The van der Waals surface area contributed by atoms with Gasteiger partial charge in [0.1, 0.15) is 6.04 Å². The maximum Gasteiger partial charge on any atom is 0.322 e. The maximum absolute atomic E-state index is 11.0. The van der Waals surface area contributed by atoms with Crippen molar-refractivity contribution >= 4 is 5.97 Å². The molecule has 0 bridgehead atoms. The number of carbonyl (C=O) groups is 1. The Morgan fingerprint density at radius 1 is 1.57 bits per heavy atom. The summed E-state index contributed by atoms with van der Waals surface area (Å²) in [5.41, 5.74) is 0.158. The van der Waals surface area contributed by atoms with E-state index >= 15 is 0 Å². The zero-order valence-corrected chi connectivity index (χ0v) is 9.21. The Hall–Kier alpha value is -0.610. The largest absolute Gasteiger partial charge is 0.480 e. The minimum atomic E-state index is -0.721. The number of rotatable bonds is 2. The number of carboxylic acids is 1. The molecule has 14 heavy (non-hydrogen) atoms. The van der Waals surface area contributed by atoms with E-state index in [1.54, 1.807) is 0 Å². The molecule has 1 fully saturated rings. The van der Waals surface area contributed by atoms with E-state index in [4.69, 9.17) is 5.11 Å². The van der Waals surface area contributed by atoms with Gasteiger partial charge in [-0.25, -0.2) is 0 Å². The van der Waals surface area contributed by atoms with Crippen LogP contribution in [0.25, 0.3) is 0 Å². The fourth-order valence-electron chi connectivity index (χ4n) is 1.79. The van der Waals surface area contributed by atoms with Gasteiger partial charge < -0.3 is 10.4 Å². The van der Waals surface area contributed by atoms with Gasteiger partial charge in [0.15, 0.2) is 0 Å². The summed E-state index contributed by atoms with van der Waals surface area (Å²) in [7, 11) is 0. The van der Waals surface area contributed by atoms with Gasteiger partial charge in [0, 0.05) is 26.2 Å². The average Bonchev–Trinajstić information content (AvgIpc) is 2.01. The molecular formula is C10H20N2O2. The number of piperazine rings is 1. The fourth-order valence-corrected chi connectivity index (χ4v) is 1.79. The Bertz CT molecular complexity index is 211. The summed E-state index contributed by atoms with van der Waals surface area (Å²) in [4.78, 5) is 13.0. The van der Waals surface area contributed by atoms with Gasteiger partial charge in [-0.05, 0) is 5.41 Å². The topological polar surface area (TPSA) is 52.6 Å². The molecule has 1 aliphatic rings. The smallest absolute Gasteiger partial charge is 0.322 e. The van der Waals surface area contributed by atoms with Crippen LogP contribution >= 0.6 is 0 Å². The van der Waals surface area contributed by atoms with E-state index in [0.717, 1.165) is 19.6 Å². The first-order chi connectivity index (χ1) is 6.40. The van der Waals surface area contributed by atoms with Crippen molar-refractivity contribution in [1.29, 1.82) is 0 Å². The van der Waals surface area contributed by atoms with E-state index < -0.39 is 5.97 Å². The average molecular weight is 200 g/mol. The summed E-state index contributed by atoms with van der Waals surface area (Å²) in [6.45, 7) is 9.51. The lowest BCUT2D eigenvalue weighted by molar-refractivity contribution is -0.144. The normalized spacial score (nSPS) is 24.9. The molecule has 4 heteroatoms. The van der Waals surface area contributed by atoms with Gasteiger partial charge in [-0.3, -0.25) is 9.69 Å². The van der Waals surface area contributed by atoms with E-state index in [0.29, 0.717) is 6.54 Å². The Labute approximate surface area is 85.3 Å². The minimum absolute atomic E-state index is 0.158. The molecule has 0 spiro atoms. The molecule has 1 saturated heterocycles. The van der Waals surface area contributed by atoms with Crippen LogP contribution in [0, 0.1) is 5.41 Å². The van der Waals surface area contributed by atoms with Crippen LogP contribution in [0.4, 0.5) is 0 Å². The van der Waals surface area contributed by atoms with Gasteiger partial charge in [0.05, 0.1) is 0 Å². The molecule has 0 aromatic rings. The Kier molecular flexibility index (Phi) is 3.50. The van der Waals surface area contributed by atoms with Crippen LogP contribution in [-0.4, -0.2) is 48.2 Å². The highest BCUT2D eigenvalue weighted by molar-refractivity contribution is 5.74. The Morgan fingerprint density at radius 2 is 2.21 bits per heavy atom. The van der Waals surface area contributed by atoms with Crippen molar-refractivity contribution in [1.82, 2.24) is 10.2 Å². The third-order valence-electron chi connectivity index (χ3n) is 2.32. The number of nitrogens with one attached hydrogen (secondary N) is 1. The highest BCUT2D eigenvalue weighted by Crippen LogP contribution is 2.17. The zero-order chi connectivity index (χ0) is 10.8. The molecule has 82 valence electrons. The van der Waals surface area contributed by atoms with Gasteiger partial charge in [-0.15, -0.1) is 0 Å². The predicted octanol–water partition coefficient (Wildman–Crippen LogP) is 0.391. The number of nitrogens with zero attached hydrogens (tertiary/aromatic N) is 1. The van der Waals surface area contributed by atoms with Crippen molar-refractivity contribution in [3.05, 3.63) is 0 Å². The van der Waals surface area contributed by atoms with E-state index in [1.165, 1.54) is 0 Å². The van der Waals surface area contributed by atoms with Gasteiger partial charge in [0.25, 0.3) is 0 Å². The van der Waals surface area contributed by atoms with E-state index in [9.17, 15) is 4.79 Å². The van der Waals surface area contributed by atoms with Gasteiger partial charge in [-0.2, -0.15) is 0 Å². The summed E-state index contributed by atoms with van der Waals surface area (Å²) in [5, 5.41) is 12.1.